The predicted molar refractivity (Wildman–Crippen MR) is 91.7 cm³/mol. The van der Waals surface area contributed by atoms with Gasteiger partial charge in [0.05, 0.1) is 23.7 Å². The maximum Gasteiger partial charge on any atom is 0.222 e. The molecule has 0 bridgehead atoms. The normalized spacial score (nSPS) is 24.2. The monoisotopic (exact) mass is 328 g/mol. The molecule has 128 valence electrons. The number of nitrogens with zero attached hydrogens (tertiary/aromatic N) is 6. The molecule has 0 aromatic carbocycles. The van der Waals surface area contributed by atoms with Crippen molar-refractivity contribution < 1.29 is 4.79 Å². The van der Waals surface area contributed by atoms with Crippen molar-refractivity contribution in [2.75, 3.05) is 18.0 Å². The minimum atomic E-state index is 0.276. The Morgan fingerprint density at radius 2 is 2.00 bits per heavy atom. The molecule has 24 heavy (non-hydrogen) atoms. The molecule has 7 nitrogen and oxygen atoms in total. The lowest BCUT2D eigenvalue weighted by molar-refractivity contribution is -0.132. The largest absolute Gasteiger partial charge is 0.351 e. The van der Waals surface area contributed by atoms with Gasteiger partial charge in [-0.1, -0.05) is 6.92 Å². The van der Waals surface area contributed by atoms with Gasteiger partial charge in [-0.15, -0.1) is 0 Å². The Hall–Kier alpha value is -2.18. The van der Waals surface area contributed by atoms with E-state index in [9.17, 15) is 4.79 Å². The van der Waals surface area contributed by atoms with Gasteiger partial charge in [0.1, 0.15) is 12.1 Å². The number of anilines is 1. The van der Waals surface area contributed by atoms with Gasteiger partial charge >= 0.3 is 0 Å². The average molecular weight is 328 g/mol. The molecule has 0 N–H and O–H groups in total. The third-order valence-corrected chi connectivity index (χ3v) is 5.45. The van der Waals surface area contributed by atoms with Crippen LogP contribution in [0.1, 0.15) is 39.0 Å². The van der Waals surface area contributed by atoms with Gasteiger partial charge in [-0.2, -0.15) is 5.10 Å². The Morgan fingerprint density at radius 3 is 2.83 bits per heavy atom. The van der Waals surface area contributed by atoms with Gasteiger partial charge in [0.15, 0.2) is 5.65 Å². The molecule has 0 spiro atoms. The average Bonchev–Trinajstić information content (AvgIpc) is 3.33. The standard InChI is InChI=1S/C17H24N6O/c1-3-15(24)22-8-4-6-13(22)14-7-5-9-23(14)17-12-10-20-21(2)16(12)18-11-19-17/h10-11,13-14H,3-9H2,1-2H3/t13-,14-/m0/s1. The van der Waals surface area contributed by atoms with Gasteiger partial charge < -0.3 is 9.80 Å². The molecule has 0 radical (unpaired) electrons. The molecular formula is C17H24N6O. The highest BCUT2D eigenvalue weighted by molar-refractivity contribution is 5.87. The summed E-state index contributed by atoms with van der Waals surface area (Å²) in [4.78, 5) is 25.7. The van der Waals surface area contributed by atoms with E-state index >= 15 is 0 Å². The number of carbonyl (C=O) groups is 1. The van der Waals surface area contributed by atoms with Crippen molar-refractivity contribution >= 4 is 22.8 Å². The van der Waals surface area contributed by atoms with Crippen molar-refractivity contribution in [1.29, 1.82) is 0 Å². The highest BCUT2D eigenvalue weighted by atomic mass is 16.2. The smallest absolute Gasteiger partial charge is 0.222 e. The van der Waals surface area contributed by atoms with E-state index in [2.05, 4.69) is 24.9 Å². The zero-order valence-corrected chi connectivity index (χ0v) is 14.4. The topological polar surface area (TPSA) is 67.2 Å². The summed E-state index contributed by atoms with van der Waals surface area (Å²) in [5.74, 6) is 1.24. The molecule has 2 aromatic heterocycles. The van der Waals surface area contributed by atoms with Crippen LogP contribution in [0.2, 0.25) is 0 Å². The Morgan fingerprint density at radius 1 is 1.21 bits per heavy atom. The molecule has 2 atom stereocenters. The minimum absolute atomic E-state index is 0.276. The first-order valence-corrected chi connectivity index (χ1v) is 8.89. The van der Waals surface area contributed by atoms with Crippen molar-refractivity contribution in [3.05, 3.63) is 12.5 Å². The summed E-state index contributed by atoms with van der Waals surface area (Å²) >= 11 is 0. The van der Waals surface area contributed by atoms with Crippen LogP contribution in [0.15, 0.2) is 12.5 Å². The summed E-state index contributed by atoms with van der Waals surface area (Å²) in [5, 5.41) is 5.33. The van der Waals surface area contributed by atoms with Crippen molar-refractivity contribution in [3.63, 3.8) is 0 Å². The lowest BCUT2D eigenvalue weighted by Gasteiger charge is -2.35. The highest BCUT2D eigenvalue weighted by Gasteiger charge is 2.40. The fourth-order valence-corrected chi connectivity index (χ4v) is 4.34. The molecule has 1 amide bonds. The number of fused-ring (bicyclic) bond motifs is 1. The highest BCUT2D eigenvalue weighted by Crippen LogP contribution is 2.35. The summed E-state index contributed by atoms with van der Waals surface area (Å²) in [6, 6.07) is 0.656. The second-order valence-electron chi connectivity index (χ2n) is 6.76. The Kier molecular flexibility index (Phi) is 3.86. The second-order valence-corrected chi connectivity index (χ2v) is 6.76. The number of rotatable bonds is 3. The minimum Gasteiger partial charge on any atom is -0.351 e. The Bertz CT molecular complexity index is 757. The van der Waals surface area contributed by atoms with E-state index in [0.717, 1.165) is 55.6 Å². The van der Waals surface area contributed by atoms with Crippen LogP contribution in [0.5, 0.6) is 0 Å². The molecule has 2 aliphatic rings. The first kappa shape index (κ1) is 15.4. The summed E-state index contributed by atoms with van der Waals surface area (Å²) in [6.45, 7) is 3.83. The Labute approximate surface area is 141 Å². The molecule has 2 aromatic rings. The molecule has 4 rings (SSSR count). The van der Waals surface area contributed by atoms with E-state index in [1.54, 1.807) is 11.0 Å². The third kappa shape index (κ3) is 2.34. The number of hydrogen-bond acceptors (Lipinski definition) is 5. The SMILES string of the molecule is CCC(=O)N1CCC[C@H]1[C@@H]1CCCN1c1ncnc2c1cnn2C. The lowest BCUT2D eigenvalue weighted by Crippen LogP contribution is -2.48. The molecule has 4 heterocycles. The fraction of sp³-hybridized carbons (Fsp3) is 0.647. The summed E-state index contributed by atoms with van der Waals surface area (Å²) in [5.41, 5.74) is 0.860. The molecular weight excluding hydrogens is 304 g/mol. The summed E-state index contributed by atoms with van der Waals surface area (Å²) in [7, 11) is 1.90. The number of aryl methyl sites for hydroxylation is 1. The fourth-order valence-electron chi connectivity index (χ4n) is 4.34. The lowest BCUT2D eigenvalue weighted by atomic mass is 10.0. The molecule has 0 aliphatic carbocycles. The van der Waals surface area contributed by atoms with E-state index in [1.165, 1.54) is 0 Å². The van der Waals surface area contributed by atoms with Crippen LogP contribution in [0.25, 0.3) is 11.0 Å². The van der Waals surface area contributed by atoms with Gasteiger partial charge in [-0.3, -0.25) is 9.48 Å². The van der Waals surface area contributed by atoms with Gasteiger partial charge in [0.2, 0.25) is 5.91 Å². The zero-order chi connectivity index (χ0) is 16.7. The quantitative estimate of drug-likeness (QED) is 0.858. The number of carbonyl (C=O) groups excluding carboxylic acids is 1. The van der Waals surface area contributed by atoms with Crippen molar-refractivity contribution in [3.8, 4) is 0 Å². The van der Waals surface area contributed by atoms with Crippen molar-refractivity contribution in [1.82, 2.24) is 24.6 Å². The van der Waals surface area contributed by atoms with E-state index in [0.29, 0.717) is 18.5 Å². The molecule has 7 heteroatoms. The predicted octanol–water partition coefficient (Wildman–Crippen LogP) is 1.73. The number of hydrogen-bond donors (Lipinski definition) is 0. The van der Waals surface area contributed by atoms with Crippen LogP contribution in [0.3, 0.4) is 0 Å². The van der Waals surface area contributed by atoms with Crippen LogP contribution in [-0.2, 0) is 11.8 Å². The van der Waals surface area contributed by atoms with Gasteiger partial charge in [-0.25, -0.2) is 9.97 Å². The van der Waals surface area contributed by atoms with E-state index in [1.807, 2.05) is 20.2 Å². The van der Waals surface area contributed by atoms with Crippen molar-refractivity contribution in [2.24, 2.45) is 7.05 Å². The van der Waals surface area contributed by atoms with Gasteiger partial charge in [0.25, 0.3) is 0 Å². The first-order chi connectivity index (χ1) is 11.7. The van der Waals surface area contributed by atoms with Crippen LogP contribution in [-0.4, -0.2) is 55.7 Å². The molecule has 0 saturated carbocycles. The first-order valence-electron chi connectivity index (χ1n) is 8.89. The second kappa shape index (κ2) is 6.03. The Balaban J connectivity index is 1.68. The van der Waals surface area contributed by atoms with E-state index in [-0.39, 0.29) is 5.91 Å². The number of likely N-dealkylation sites (tertiary alicyclic amines) is 1. The molecule has 2 saturated heterocycles. The third-order valence-electron chi connectivity index (χ3n) is 5.45. The molecule has 2 fully saturated rings. The maximum atomic E-state index is 12.3. The van der Waals surface area contributed by atoms with Gasteiger partial charge in [0, 0.05) is 26.6 Å². The summed E-state index contributed by atoms with van der Waals surface area (Å²) in [6.07, 6.45) is 8.51. The number of amides is 1. The van der Waals surface area contributed by atoms with Crippen molar-refractivity contribution in [2.45, 2.75) is 51.1 Å². The zero-order valence-electron chi connectivity index (χ0n) is 14.4. The van der Waals surface area contributed by atoms with Crippen LogP contribution < -0.4 is 4.90 Å². The van der Waals surface area contributed by atoms with Crippen LogP contribution in [0.4, 0.5) is 5.82 Å². The van der Waals surface area contributed by atoms with Crippen LogP contribution in [0, 0.1) is 0 Å². The van der Waals surface area contributed by atoms with E-state index < -0.39 is 0 Å². The molecule has 2 aliphatic heterocycles. The molecule has 0 unspecified atom stereocenters. The maximum absolute atomic E-state index is 12.3. The van der Waals surface area contributed by atoms with E-state index in [4.69, 9.17) is 0 Å². The number of aromatic nitrogens is 4. The van der Waals surface area contributed by atoms with Crippen LogP contribution >= 0.6 is 0 Å². The summed E-state index contributed by atoms with van der Waals surface area (Å²) < 4.78 is 1.79. The van der Waals surface area contributed by atoms with Gasteiger partial charge in [-0.05, 0) is 25.7 Å².